The van der Waals surface area contributed by atoms with Crippen molar-refractivity contribution in [3.05, 3.63) is 58.0 Å². The highest BCUT2D eigenvalue weighted by atomic mass is 32.2. The number of carbonyl (C=O) groups is 1. The molecule has 0 spiro atoms. The van der Waals surface area contributed by atoms with Crippen molar-refractivity contribution in [3.63, 3.8) is 0 Å². The first-order valence-electron chi connectivity index (χ1n) is 9.21. The molecule has 0 radical (unpaired) electrons. The molecule has 1 amide bonds. The fraction of sp³-hybridized carbons (Fsp3) is 0.273. The number of amidine groups is 1. The summed E-state index contributed by atoms with van der Waals surface area (Å²) in [5, 5.41) is 0.709. The lowest BCUT2D eigenvalue weighted by molar-refractivity contribution is -0.113. The van der Waals surface area contributed by atoms with Gasteiger partial charge in [-0.1, -0.05) is 18.2 Å². The molecule has 2 heterocycles. The van der Waals surface area contributed by atoms with Crippen molar-refractivity contribution in [3.8, 4) is 11.5 Å². The van der Waals surface area contributed by atoms with Gasteiger partial charge in [0.05, 0.1) is 10.6 Å². The van der Waals surface area contributed by atoms with Crippen LogP contribution in [0.1, 0.15) is 30.5 Å². The normalized spacial score (nSPS) is 18.8. The van der Waals surface area contributed by atoms with Crippen LogP contribution in [0.15, 0.2) is 46.3 Å². The highest BCUT2D eigenvalue weighted by molar-refractivity contribution is 8.19. The third kappa shape index (κ3) is 3.40. The van der Waals surface area contributed by atoms with Crippen LogP contribution in [-0.4, -0.2) is 23.9 Å². The number of benzene rings is 2. The Kier molecular flexibility index (Phi) is 4.89. The lowest BCUT2D eigenvalue weighted by Gasteiger charge is -2.19. The summed E-state index contributed by atoms with van der Waals surface area (Å²) in [4.78, 5) is 20.4. The van der Waals surface area contributed by atoms with Gasteiger partial charge in [-0.3, -0.25) is 14.7 Å². The van der Waals surface area contributed by atoms with Gasteiger partial charge >= 0.3 is 0 Å². The molecule has 5 nitrogen and oxygen atoms in total. The van der Waals surface area contributed by atoms with Gasteiger partial charge in [0.1, 0.15) is 0 Å². The quantitative estimate of drug-likeness (QED) is 0.694. The molecule has 1 saturated heterocycles. The topological polar surface area (TPSA) is 51.1 Å². The number of ether oxygens (including phenoxy) is 2. The van der Waals surface area contributed by atoms with Crippen molar-refractivity contribution in [2.24, 2.45) is 4.99 Å². The standard InChI is InChI=1S/C22H22N2O3S/c1-13(2)23-22-24(17-7-5-6-14(3)15(17)4)21(25)20(28-22)11-16-8-9-18-19(10-16)27-12-26-18/h5-11,13H,12H2,1-4H3/b20-11-,23-22?. The van der Waals surface area contributed by atoms with Crippen LogP contribution < -0.4 is 14.4 Å². The number of rotatable bonds is 3. The molecule has 144 valence electrons. The molecule has 0 unspecified atom stereocenters. The maximum absolute atomic E-state index is 13.3. The van der Waals surface area contributed by atoms with Gasteiger partial charge in [-0.2, -0.15) is 0 Å². The Labute approximate surface area is 169 Å². The van der Waals surface area contributed by atoms with E-state index in [4.69, 9.17) is 14.5 Å². The molecule has 0 N–H and O–H groups in total. The summed E-state index contributed by atoms with van der Waals surface area (Å²) in [6.07, 6.45) is 1.88. The summed E-state index contributed by atoms with van der Waals surface area (Å²) in [5.41, 5.74) is 4.00. The summed E-state index contributed by atoms with van der Waals surface area (Å²) in [7, 11) is 0. The van der Waals surface area contributed by atoms with Crippen LogP contribution in [0.5, 0.6) is 11.5 Å². The maximum atomic E-state index is 13.3. The molecule has 0 saturated carbocycles. The first-order valence-corrected chi connectivity index (χ1v) is 10.0. The molecule has 2 aliphatic heterocycles. The van der Waals surface area contributed by atoms with Gasteiger partial charge in [-0.15, -0.1) is 0 Å². The lowest BCUT2D eigenvalue weighted by atomic mass is 10.1. The second-order valence-corrected chi connectivity index (χ2v) is 8.10. The second-order valence-electron chi connectivity index (χ2n) is 7.09. The van der Waals surface area contributed by atoms with E-state index in [9.17, 15) is 4.79 Å². The van der Waals surface area contributed by atoms with E-state index in [1.807, 2.05) is 57.2 Å². The zero-order valence-corrected chi connectivity index (χ0v) is 17.2. The van der Waals surface area contributed by atoms with E-state index in [-0.39, 0.29) is 18.7 Å². The Morgan fingerprint density at radius 3 is 2.71 bits per heavy atom. The average molecular weight is 394 g/mol. The molecule has 28 heavy (non-hydrogen) atoms. The molecule has 0 bridgehead atoms. The summed E-state index contributed by atoms with van der Waals surface area (Å²) < 4.78 is 10.8. The first-order chi connectivity index (χ1) is 13.4. The van der Waals surface area contributed by atoms with Crippen LogP contribution in [0, 0.1) is 13.8 Å². The van der Waals surface area contributed by atoms with E-state index >= 15 is 0 Å². The molecule has 1 fully saturated rings. The predicted octanol–water partition coefficient (Wildman–Crippen LogP) is 4.92. The van der Waals surface area contributed by atoms with Gasteiger partial charge in [-0.05, 0) is 80.4 Å². The van der Waals surface area contributed by atoms with E-state index in [1.54, 1.807) is 4.90 Å². The van der Waals surface area contributed by atoms with E-state index in [1.165, 1.54) is 11.8 Å². The minimum Gasteiger partial charge on any atom is -0.454 e. The number of hydrogen-bond acceptors (Lipinski definition) is 5. The van der Waals surface area contributed by atoms with Gasteiger partial charge in [0, 0.05) is 6.04 Å². The third-order valence-electron chi connectivity index (χ3n) is 4.69. The van der Waals surface area contributed by atoms with Gasteiger partial charge in [-0.25, -0.2) is 0 Å². The summed E-state index contributed by atoms with van der Waals surface area (Å²) in [5.74, 6) is 1.37. The minimum absolute atomic E-state index is 0.0595. The number of hydrogen-bond donors (Lipinski definition) is 0. The number of aliphatic imine (C=N–C) groups is 1. The van der Waals surface area contributed by atoms with Crippen LogP contribution >= 0.6 is 11.8 Å². The molecule has 6 heteroatoms. The predicted molar refractivity (Wildman–Crippen MR) is 114 cm³/mol. The number of amides is 1. The molecule has 0 atom stereocenters. The Bertz CT molecular complexity index is 1010. The number of nitrogens with zero attached hydrogens (tertiary/aromatic N) is 2. The highest BCUT2D eigenvalue weighted by Gasteiger charge is 2.35. The Hall–Kier alpha value is -2.73. The van der Waals surface area contributed by atoms with Crippen LogP contribution in [0.2, 0.25) is 0 Å². The van der Waals surface area contributed by atoms with Crippen molar-refractivity contribution >= 4 is 34.6 Å². The molecular weight excluding hydrogens is 372 g/mol. The van der Waals surface area contributed by atoms with Crippen LogP contribution in [0.3, 0.4) is 0 Å². The summed E-state index contributed by atoms with van der Waals surface area (Å²) in [6.45, 7) is 8.34. The minimum atomic E-state index is -0.0595. The highest BCUT2D eigenvalue weighted by Crippen LogP contribution is 2.39. The lowest BCUT2D eigenvalue weighted by Crippen LogP contribution is -2.30. The average Bonchev–Trinajstić information content (AvgIpc) is 3.22. The zero-order valence-electron chi connectivity index (χ0n) is 16.4. The number of fused-ring (bicyclic) bond motifs is 1. The fourth-order valence-electron chi connectivity index (χ4n) is 3.13. The fourth-order valence-corrected chi connectivity index (χ4v) is 4.23. The van der Waals surface area contributed by atoms with Crippen molar-refractivity contribution in [1.29, 1.82) is 0 Å². The number of thioether (sulfide) groups is 1. The van der Waals surface area contributed by atoms with Crippen molar-refractivity contribution in [1.82, 2.24) is 0 Å². The second kappa shape index (κ2) is 7.36. The van der Waals surface area contributed by atoms with Crippen LogP contribution in [0.4, 0.5) is 5.69 Å². The number of aryl methyl sites for hydroxylation is 1. The molecule has 4 rings (SSSR count). The van der Waals surface area contributed by atoms with Crippen LogP contribution in [0.25, 0.3) is 6.08 Å². The molecule has 2 aliphatic rings. The van der Waals surface area contributed by atoms with E-state index in [0.29, 0.717) is 15.8 Å². The van der Waals surface area contributed by atoms with Crippen LogP contribution in [-0.2, 0) is 4.79 Å². The molecule has 2 aromatic carbocycles. The number of carbonyl (C=O) groups excluding carboxylic acids is 1. The molecule has 2 aromatic rings. The third-order valence-corrected chi connectivity index (χ3v) is 5.67. The van der Waals surface area contributed by atoms with Crippen molar-refractivity contribution in [2.75, 3.05) is 11.7 Å². The van der Waals surface area contributed by atoms with Crippen molar-refractivity contribution < 1.29 is 14.3 Å². The summed E-state index contributed by atoms with van der Waals surface area (Å²) >= 11 is 1.41. The first kappa shape index (κ1) is 18.6. The molecule has 0 aromatic heterocycles. The zero-order chi connectivity index (χ0) is 19.8. The largest absolute Gasteiger partial charge is 0.454 e. The Morgan fingerprint density at radius 1 is 1.14 bits per heavy atom. The van der Waals surface area contributed by atoms with E-state index in [0.717, 1.165) is 28.1 Å². The number of anilines is 1. The monoisotopic (exact) mass is 394 g/mol. The van der Waals surface area contributed by atoms with E-state index in [2.05, 4.69) is 13.0 Å². The molecule has 0 aliphatic carbocycles. The van der Waals surface area contributed by atoms with Gasteiger partial charge in [0.2, 0.25) is 6.79 Å². The van der Waals surface area contributed by atoms with Gasteiger partial charge in [0.15, 0.2) is 16.7 Å². The van der Waals surface area contributed by atoms with E-state index < -0.39 is 0 Å². The van der Waals surface area contributed by atoms with Crippen molar-refractivity contribution in [2.45, 2.75) is 33.7 Å². The Morgan fingerprint density at radius 2 is 1.93 bits per heavy atom. The van der Waals surface area contributed by atoms with Gasteiger partial charge in [0.25, 0.3) is 5.91 Å². The summed E-state index contributed by atoms with van der Waals surface area (Å²) in [6, 6.07) is 11.8. The van der Waals surface area contributed by atoms with Gasteiger partial charge < -0.3 is 9.47 Å². The Balaban J connectivity index is 1.75. The SMILES string of the molecule is Cc1cccc(N2C(=O)/C(=C/c3ccc4c(c3)OCO4)SC2=NC(C)C)c1C. The molecular formula is C22H22N2O3S. The smallest absolute Gasteiger partial charge is 0.271 e. The maximum Gasteiger partial charge on any atom is 0.271 e.